The molecule has 156 valence electrons. The largest absolute Gasteiger partial charge is 0.490 e. The first-order chi connectivity index (χ1) is 13.1. The van der Waals surface area contributed by atoms with E-state index in [2.05, 4.69) is 46.3 Å². The van der Waals surface area contributed by atoms with E-state index in [0.29, 0.717) is 18.9 Å². The van der Waals surface area contributed by atoms with Gasteiger partial charge in [0.25, 0.3) is 0 Å². The Labute approximate surface area is 162 Å². The van der Waals surface area contributed by atoms with Gasteiger partial charge in [-0.3, -0.25) is 9.69 Å². The lowest BCUT2D eigenvalue weighted by molar-refractivity contribution is -0.192. The molecule has 3 rings (SSSR count). The molecule has 0 radical (unpaired) electrons. The molecule has 1 amide bonds. The topological polar surface area (TPSA) is 65.8 Å². The molecule has 0 aliphatic carbocycles. The van der Waals surface area contributed by atoms with Crippen molar-refractivity contribution < 1.29 is 27.9 Å². The van der Waals surface area contributed by atoms with Crippen LogP contribution in [0.5, 0.6) is 0 Å². The third kappa shape index (κ3) is 5.15. The van der Waals surface area contributed by atoms with Crippen LogP contribution in [0.25, 0.3) is 0 Å². The molecule has 1 aromatic rings. The molecule has 0 saturated carbocycles. The van der Waals surface area contributed by atoms with Gasteiger partial charge >= 0.3 is 12.1 Å². The van der Waals surface area contributed by atoms with Crippen molar-refractivity contribution in [2.75, 3.05) is 19.6 Å². The number of rotatable bonds is 4. The van der Waals surface area contributed by atoms with Crippen LogP contribution in [0.4, 0.5) is 13.2 Å². The number of carboxylic acids is 1. The summed E-state index contributed by atoms with van der Waals surface area (Å²) in [5.74, 6) is -2.45. The Kier molecular flexibility index (Phi) is 6.92. The maximum absolute atomic E-state index is 12.1. The summed E-state index contributed by atoms with van der Waals surface area (Å²) in [5, 5.41) is 7.12. The lowest BCUT2D eigenvalue weighted by atomic mass is 9.85. The number of alkyl halides is 3. The fourth-order valence-corrected chi connectivity index (χ4v) is 3.84. The molecule has 0 unspecified atom stereocenters. The van der Waals surface area contributed by atoms with Gasteiger partial charge in [0.15, 0.2) is 0 Å². The first-order valence-corrected chi connectivity index (χ1v) is 9.13. The molecule has 2 saturated heterocycles. The van der Waals surface area contributed by atoms with Crippen molar-refractivity contribution in [3.63, 3.8) is 0 Å². The second-order valence-electron chi connectivity index (χ2n) is 7.21. The molecule has 28 heavy (non-hydrogen) atoms. The van der Waals surface area contributed by atoms with Crippen LogP contribution in [0.15, 0.2) is 31.0 Å². The first kappa shape index (κ1) is 22.0. The number of piperidine rings is 1. The molecule has 1 aromatic heterocycles. The van der Waals surface area contributed by atoms with Gasteiger partial charge in [0.1, 0.15) is 0 Å². The minimum Gasteiger partial charge on any atom is -0.475 e. The smallest absolute Gasteiger partial charge is 0.475 e. The molecular formula is C19H26F3N3O3. The number of carboxylic acid groups (broad SMARTS) is 1. The van der Waals surface area contributed by atoms with Crippen LogP contribution in [-0.4, -0.2) is 62.7 Å². The van der Waals surface area contributed by atoms with Crippen molar-refractivity contribution >= 4 is 11.9 Å². The summed E-state index contributed by atoms with van der Waals surface area (Å²) in [6, 6.07) is 4.29. The Bertz CT molecular complexity index is 707. The molecular weight excluding hydrogens is 375 g/mol. The van der Waals surface area contributed by atoms with Gasteiger partial charge in [-0.1, -0.05) is 6.08 Å². The van der Waals surface area contributed by atoms with Gasteiger partial charge in [0.2, 0.25) is 5.91 Å². The second kappa shape index (κ2) is 8.81. The van der Waals surface area contributed by atoms with E-state index in [0.717, 1.165) is 38.9 Å². The number of aryl methyl sites for hydroxylation is 1. The Morgan fingerprint density at radius 1 is 1.32 bits per heavy atom. The van der Waals surface area contributed by atoms with E-state index in [1.165, 1.54) is 5.69 Å². The number of amides is 1. The summed E-state index contributed by atoms with van der Waals surface area (Å²) in [4.78, 5) is 25.6. The van der Waals surface area contributed by atoms with E-state index < -0.39 is 12.1 Å². The highest BCUT2D eigenvalue weighted by Gasteiger charge is 2.46. The van der Waals surface area contributed by atoms with E-state index in [9.17, 15) is 18.0 Å². The van der Waals surface area contributed by atoms with Crippen molar-refractivity contribution in [1.29, 1.82) is 0 Å². The van der Waals surface area contributed by atoms with Gasteiger partial charge in [-0.15, -0.1) is 6.58 Å². The highest BCUT2D eigenvalue weighted by atomic mass is 19.4. The summed E-state index contributed by atoms with van der Waals surface area (Å²) in [7, 11) is 2.10. The lowest BCUT2D eigenvalue weighted by Gasteiger charge is -2.44. The SMILES string of the molecule is C=CCN1C(=O)CCC12CCN(Cc1cccn1C)CC2.O=C(O)C(F)(F)F. The fraction of sp³-hybridized carbons (Fsp3) is 0.579. The highest BCUT2D eigenvalue weighted by molar-refractivity contribution is 5.80. The van der Waals surface area contributed by atoms with Gasteiger partial charge in [0.05, 0.1) is 0 Å². The van der Waals surface area contributed by atoms with Crippen molar-refractivity contribution in [2.45, 2.75) is 43.9 Å². The zero-order valence-electron chi connectivity index (χ0n) is 15.9. The van der Waals surface area contributed by atoms with Crippen LogP contribution >= 0.6 is 0 Å². The molecule has 0 aromatic carbocycles. The zero-order valence-corrected chi connectivity index (χ0v) is 15.9. The first-order valence-electron chi connectivity index (χ1n) is 9.13. The molecule has 0 bridgehead atoms. The molecule has 2 fully saturated rings. The molecule has 2 aliphatic heterocycles. The summed E-state index contributed by atoms with van der Waals surface area (Å²) < 4.78 is 33.9. The molecule has 1 spiro atoms. The highest BCUT2D eigenvalue weighted by Crippen LogP contribution is 2.39. The van der Waals surface area contributed by atoms with Crippen molar-refractivity contribution in [3.8, 4) is 0 Å². The van der Waals surface area contributed by atoms with Crippen LogP contribution in [0.1, 0.15) is 31.4 Å². The minimum absolute atomic E-state index is 0.107. The Morgan fingerprint density at radius 2 is 1.93 bits per heavy atom. The van der Waals surface area contributed by atoms with Crippen molar-refractivity contribution in [1.82, 2.24) is 14.4 Å². The average Bonchev–Trinajstić information content (AvgIpc) is 3.16. The number of halogens is 3. The molecule has 6 nitrogen and oxygen atoms in total. The monoisotopic (exact) mass is 401 g/mol. The summed E-state index contributed by atoms with van der Waals surface area (Å²) in [6.45, 7) is 7.67. The van der Waals surface area contributed by atoms with Crippen molar-refractivity contribution in [2.24, 2.45) is 7.05 Å². The predicted molar refractivity (Wildman–Crippen MR) is 97.5 cm³/mol. The quantitative estimate of drug-likeness (QED) is 0.788. The number of carbonyl (C=O) groups excluding carboxylic acids is 1. The molecule has 1 N–H and O–H groups in total. The van der Waals surface area contributed by atoms with Crippen molar-refractivity contribution in [3.05, 3.63) is 36.7 Å². The normalized spacial score (nSPS) is 19.4. The van der Waals surface area contributed by atoms with Gasteiger partial charge in [-0.25, -0.2) is 4.79 Å². The van der Waals surface area contributed by atoms with Crippen LogP contribution in [-0.2, 0) is 23.2 Å². The maximum atomic E-state index is 12.1. The van der Waals surface area contributed by atoms with E-state index in [1.54, 1.807) is 0 Å². The Balaban J connectivity index is 0.000000345. The standard InChI is InChI=1S/C17H25N3O.C2HF3O2/c1-3-10-20-16(21)6-7-17(20)8-12-19(13-9-17)14-15-5-4-11-18(15)2;3-2(4,5)1(6)7/h3-5,11H,1,6-10,12-14H2,2H3;(H,6,7). The van der Waals surface area contributed by atoms with Gasteiger partial charge in [-0.2, -0.15) is 13.2 Å². The molecule has 2 aliphatic rings. The Hall–Kier alpha value is -2.29. The van der Waals surface area contributed by atoms with E-state index in [1.807, 2.05) is 6.08 Å². The van der Waals surface area contributed by atoms with E-state index in [-0.39, 0.29) is 5.54 Å². The number of hydrogen-bond acceptors (Lipinski definition) is 3. The maximum Gasteiger partial charge on any atom is 0.490 e. The zero-order chi connectivity index (χ0) is 20.9. The third-order valence-electron chi connectivity index (χ3n) is 5.46. The van der Waals surface area contributed by atoms with Crippen LogP contribution in [0.3, 0.4) is 0 Å². The number of likely N-dealkylation sites (tertiary alicyclic amines) is 2. The van der Waals surface area contributed by atoms with Crippen LogP contribution in [0, 0.1) is 0 Å². The van der Waals surface area contributed by atoms with Gasteiger partial charge in [-0.05, 0) is 31.4 Å². The number of aliphatic carboxylic acids is 1. The van der Waals surface area contributed by atoms with Gasteiger partial charge < -0.3 is 14.6 Å². The van der Waals surface area contributed by atoms with E-state index in [4.69, 9.17) is 9.90 Å². The summed E-state index contributed by atoms with van der Waals surface area (Å²) in [6.07, 6.45) is 2.81. The van der Waals surface area contributed by atoms with Gasteiger partial charge in [0, 0.05) is 57.1 Å². The molecule has 0 atom stereocenters. The summed E-state index contributed by atoms with van der Waals surface area (Å²) in [5.41, 5.74) is 1.46. The lowest BCUT2D eigenvalue weighted by Crippen LogP contribution is -2.53. The molecule has 9 heteroatoms. The number of aromatic nitrogens is 1. The fourth-order valence-electron chi connectivity index (χ4n) is 3.84. The van der Waals surface area contributed by atoms with Crippen LogP contribution in [0.2, 0.25) is 0 Å². The minimum atomic E-state index is -5.08. The second-order valence-corrected chi connectivity index (χ2v) is 7.21. The third-order valence-corrected chi connectivity index (χ3v) is 5.46. The predicted octanol–water partition coefficient (Wildman–Crippen LogP) is 2.80. The average molecular weight is 401 g/mol. The number of hydrogen-bond donors (Lipinski definition) is 1. The van der Waals surface area contributed by atoms with Crippen LogP contribution < -0.4 is 0 Å². The summed E-state index contributed by atoms with van der Waals surface area (Å²) >= 11 is 0. The Morgan fingerprint density at radius 3 is 2.39 bits per heavy atom. The number of carbonyl (C=O) groups is 2. The number of nitrogens with zero attached hydrogens (tertiary/aromatic N) is 3. The van der Waals surface area contributed by atoms with E-state index >= 15 is 0 Å². The molecule has 3 heterocycles.